The molecule has 0 atom stereocenters. The molecule has 0 aliphatic rings. The first kappa shape index (κ1) is 6.76. The first-order chi connectivity index (χ1) is 4.33. The van der Waals surface area contributed by atoms with Gasteiger partial charge in [-0.3, -0.25) is 0 Å². The Kier molecular flexibility index (Phi) is 2.24. The van der Waals surface area contributed by atoms with Crippen molar-refractivity contribution in [3.05, 3.63) is 29.8 Å². The Morgan fingerprint density at radius 3 is 2.67 bits per heavy atom. The zero-order valence-corrected chi connectivity index (χ0v) is 7.34. The van der Waals surface area contributed by atoms with E-state index in [-0.39, 0.29) is 15.3 Å². The van der Waals surface area contributed by atoms with E-state index in [2.05, 4.69) is 36.5 Å². The Labute approximate surface area is 62.1 Å². The standard InChI is InChI=1S/C8H9As/c1-7-4-3-5-8(6-7)9-2/h3-6H,2H2,1H3. The van der Waals surface area contributed by atoms with Crippen molar-refractivity contribution < 1.29 is 0 Å². The van der Waals surface area contributed by atoms with Gasteiger partial charge in [-0.1, -0.05) is 0 Å². The fourth-order valence-electron chi connectivity index (χ4n) is 0.726. The third kappa shape index (κ3) is 1.80. The molecule has 46 valence electrons. The average molecular weight is 180 g/mol. The van der Waals surface area contributed by atoms with Crippen LogP contribution in [0.15, 0.2) is 24.3 Å². The second kappa shape index (κ2) is 2.98. The van der Waals surface area contributed by atoms with Crippen molar-refractivity contribution in [2.24, 2.45) is 0 Å². The summed E-state index contributed by atoms with van der Waals surface area (Å²) >= 11 is 0.168. The van der Waals surface area contributed by atoms with Crippen molar-refractivity contribution in [2.45, 2.75) is 6.92 Å². The van der Waals surface area contributed by atoms with Gasteiger partial charge in [-0.2, -0.15) is 0 Å². The number of hydrogen-bond donors (Lipinski definition) is 0. The summed E-state index contributed by atoms with van der Waals surface area (Å²) in [6.45, 7) is 2.11. The molecule has 0 fully saturated rings. The molecular weight excluding hydrogens is 171 g/mol. The summed E-state index contributed by atoms with van der Waals surface area (Å²) in [5.41, 5.74) is 1.34. The van der Waals surface area contributed by atoms with E-state index in [4.69, 9.17) is 0 Å². The van der Waals surface area contributed by atoms with Gasteiger partial charge in [0, 0.05) is 0 Å². The quantitative estimate of drug-likeness (QED) is 0.559. The van der Waals surface area contributed by atoms with Crippen LogP contribution in [-0.2, 0) is 0 Å². The molecule has 9 heavy (non-hydrogen) atoms. The number of benzene rings is 1. The van der Waals surface area contributed by atoms with Gasteiger partial charge >= 0.3 is 61.7 Å². The van der Waals surface area contributed by atoms with Gasteiger partial charge in [-0.15, -0.1) is 0 Å². The summed E-state index contributed by atoms with van der Waals surface area (Å²) < 4.78 is 1.41. The summed E-state index contributed by atoms with van der Waals surface area (Å²) in [4.78, 5) is 0. The number of hydrogen-bond acceptors (Lipinski definition) is 0. The third-order valence-electron chi connectivity index (χ3n) is 1.18. The van der Waals surface area contributed by atoms with Gasteiger partial charge in [0.15, 0.2) is 0 Å². The van der Waals surface area contributed by atoms with Crippen molar-refractivity contribution in [3.63, 3.8) is 0 Å². The van der Waals surface area contributed by atoms with E-state index >= 15 is 0 Å². The molecule has 1 aromatic rings. The Hall–Kier alpha value is -0.352. The Bertz CT molecular complexity index is 216. The fourth-order valence-corrected chi connectivity index (χ4v) is 1.75. The van der Waals surface area contributed by atoms with Crippen LogP contribution in [-0.4, -0.2) is 20.6 Å². The molecule has 0 amide bonds. The van der Waals surface area contributed by atoms with Crippen LogP contribution in [0, 0.1) is 6.92 Å². The molecule has 0 spiro atoms. The van der Waals surface area contributed by atoms with E-state index in [1.807, 2.05) is 0 Å². The summed E-state index contributed by atoms with van der Waals surface area (Å²) in [7, 11) is 0. The normalized spacial score (nSPS) is 9.89. The molecule has 1 aromatic carbocycles. The molecular formula is C8H9As. The van der Waals surface area contributed by atoms with Crippen LogP contribution in [0.1, 0.15) is 5.56 Å². The predicted molar refractivity (Wildman–Crippen MR) is 43.7 cm³/mol. The van der Waals surface area contributed by atoms with E-state index in [9.17, 15) is 0 Å². The molecule has 0 saturated heterocycles. The maximum absolute atomic E-state index is 3.89. The van der Waals surface area contributed by atoms with Crippen LogP contribution in [0.2, 0.25) is 0 Å². The second-order valence-electron chi connectivity index (χ2n) is 2.00. The van der Waals surface area contributed by atoms with Crippen LogP contribution >= 0.6 is 0 Å². The average Bonchev–Trinajstić information content (AvgIpc) is 1.88. The van der Waals surface area contributed by atoms with Gasteiger partial charge in [0.25, 0.3) is 0 Å². The minimum atomic E-state index is 0.168. The van der Waals surface area contributed by atoms with E-state index in [1.54, 1.807) is 0 Å². The van der Waals surface area contributed by atoms with Gasteiger partial charge in [0.05, 0.1) is 0 Å². The molecule has 1 heteroatoms. The number of aryl methyl sites for hydroxylation is 1. The number of rotatable bonds is 1. The Morgan fingerprint density at radius 2 is 2.22 bits per heavy atom. The molecule has 0 aromatic heterocycles. The van der Waals surface area contributed by atoms with Crippen LogP contribution < -0.4 is 4.35 Å². The van der Waals surface area contributed by atoms with Crippen LogP contribution in [0.5, 0.6) is 0 Å². The van der Waals surface area contributed by atoms with Crippen molar-refractivity contribution in [1.29, 1.82) is 0 Å². The maximum atomic E-state index is 3.89. The summed E-state index contributed by atoms with van der Waals surface area (Å²) in [5, 5.41) is 3.89. The Morgan fingerprint density at radius 1 is 1.44 bits per heavy atom. The zero-order valence-electron chi connectivity index (χ0n) is 5.46. The van der Waals surface area contributed by atoms with Gasteiger partial charge in [0.1, 0.15) is 0 Å². The molecule has 0 N–H and O–H groups in total. The molecule has 0 bridgehead atoms. The molecule has 0 heterocycles. The minimum absolute atomic E-state index is 0.168. The van der Waals surface area contributed by atoms with Crippen LogP contribution in [0.4, 0.5) is 0 Å². The van der Waals surface area contributed by atoms with E-state index in [0.29, 0.717) is 0 Å². The van der Waals surface area contributed by atoms with E-state index in [1.165, 1.54) is 9.91 Å². The SMILES string of the molecule is C=[As]c1cccc(C)c1. The van der Waals surface area contributed by atoms with Gasteiger partial charge in [0.2, 0.25) is 0 Å². The van der Waals surface area contributed by atoms with Gasteiger partial charge < -0.3 is 0 Å². The van der Waals surface area contributed by atoms with E-state index < -0.39 is 0 Å². The molecule has 0 saturated carbocycles. The predicted octanol–water partition coefficient (Wildman–Crippen LogP) is 0.757. The van der Waals surface area contributed by atoms with Crippen molar-refractivity contribution in [3.8, 4) is 0 Å². The van der Waals surface area contributed by atoms with Gasteiger partial charge in [-0.05, 0) is 0 Å². The van der Waals surface area contributed by atoms with Crippen LogP contribution in [0.25, 0.3) is 0 Å². The topological polar surface area (TPSA) is 0 Å². The second-order valence-corrected chi connectivity index (χ2v) is 3.74. The molecule has 1 rings (SSSR count). The molecule has 0 unspecified atom stereocenters. The summed E-state index contributed by atoms with van der Waals surface area (Å²) in [6.07, 6.45) is 0. The van der Waals surface area contributed by atoms with Crippen LogP contribution in [0.3, 0.4) is 0 Å². The zero-order chi connectivity index (χ0) is 6.69. The first-order valence-corrected chi connectivity index (χ1v) is 5.13. The van der Waals surface area contributed by atoms with Crippen molar-refractivity contribution in [1.82, 2.24) is 0 Å². The van der Waals surface area contributed by atoms with Gasteiger partial charge in [-0.25, -0.2) is 0 Å². The third-order valence-corrected chi connectivity index (χ3v) is 2.53. The summed E-state index contributed by atoms with van der Waals surface area (Å²) in [5.74, 6) is 0. The molecule has 0 aliphatic heterocycles. The molecule has 0 nitrogen and oxygen atoms in total. The summed E-state index contributed by atoms with van der Waals surface area (Å²) in [6, 6.07) is 8.54. The van der Waals surface area contributed by atoms with Crippen molar-refractivity contribution >= 4 is 25.0 Å². The molecule has 0 radical (unpaired) electrons. The van der Waals surface area contributed by atoms with E-state index in [0.717, 1.165) is 0 Å². The fraction of sp³-hybridized carbons (Fsp3) is 0.125. The molecule has 0 aliphatic carbocycles. The monoisotopic (exact) mass is 180 g/mol. The van der Waals surface area contributed by atoms with Crippen molar-refractivity contribution in [2.75, 3.05) is 0 Å². The first-order valence-electron chi connectivity index (χ1n) is 2.86. The Balaban J connectivity index is 3.07.